The fourth-order valence-electron chi connectivity index (χ4n) is 3.31. The number of hydrogen-bond donors (Lipinski definition) is 1. The van der Waals surface area contributed by atoms with E-state index in [1.165, 1.54) is 19.0 Å². The van der Waals surface area contributed by atoms with E-state index >= 15 is 0 Å². The van der Waals surface area contributed by atoms with Crippen molar-refractivity contribution in [1.82, 2.24) is 14.8 Å². The molecule has 0 aliphatic carbocycles. The van der Waals surface area contributed by atoms with Crippen molar-refractivity contribution in [3.63, 3.8) is 0 Å². The summed E-state index contributed by atoms with van der Waals surface area (Å²) in [6, 6.07) is 0. The lowest BCUT2D eigenvalue weighted by molar-refractivity contribution is -0.132. The fourth-order valence-corrected chi connectivity index (χ4v) is 3.31. The Morgan fingerprint density at radius 2 is 1.95 bits per heavy atom. The van der Waals surface area contributed by atoms with Gasteiger partial charge in [0.15, 0.2) is 0 Å². The Hall–Kier alpha value is -1.95. The second-order valence-electron chi connectivity index (χ2n) is 5.99. The molecule has 1 aromatic rings. The van der Waals surface area contributed by atoms with Crippen LogP contribution in [0.5, 0.6) is 0 Å². The summed E-state index contributed by atoms with van der Waals surface area (Å²) < 4.78 is 0. The third-order valence-corrected chi connectivity index (χ3v) is 4.56. The first-order chi connectivity index (χ1) is 10.6. The van der Waals surface area contributed by atoms with Crippen LogP contribution in [-0.2, 0) is 17.8 Å². The average Bonchev–Trinajstić information content (AvgIpc) is 3.04. The first kappa shape index (κ1) is 15.0. The van der Waals surface area contributed by atoms with Crippen LogP contribution in [-0.4, -0.2) is 57.9 Å². The van der Waals surface area contributed by atoms with Crippen LogP contribution >= 0.6 is 0 Å². The van der Waals surface area contributed by atoms with Crippen molar-refractivity contribution in [2.24, 2.45) is 0 Å². The minimum Gasteiger partial charge on any atom is -0.478 e. The largest absolute Gasteiger partial charge is 0.478 e. The number of amides is 1. The Labute approximate surface area is 129 Å². The molecular formula is C16H21N3O3. The van der Waals surface area contributed by atoms with Gasteiger partial charge in [-0.2, -0.15) is 0 Å². The number of carboxylic acid groups (broad SMARTS) is 1. The van der Waals surface area contributed by atoms with Crippen molar-refractivity contribution >= 4 is 11.9 Å². The second kappa shape index (κ2) is 6.44. The molecule has 1 fully saturated rings. The zero-order valence-electron chi connectivity index (χ0n) is 12.6. The predicted molar refractivity (Wildman–Crippen MR) is 80.6 cm³/mol. The lowest BCUT2D eigenvalue weighted by Crippen LogP contribution is -2.38. The first-order valence-corrected chi connectivity index (χ1v) is 7.84. The first-order valence-electron chi connectivity index (χ1n) is 7.84. The summed E-state index contributed by atoms with van der Waals surface area (Å²) in [6.07, 6.45) is 6.67. The fraction of sp³-hybridized carbons (Fsp3) is 0.562. The molecule has 118 valence electrons. The van der Waals surface area contributed by atoms with Gasteiger partial charge >= 0.3 is 5.97 Å². The van der Waals surface area contributed by atoms with E-state index in [9.17, 15) is 14.7 Å². The quantitative estimate of drug-likeness (QED) is 0.903. The van der Waals surface area contributed by atoms with Crippen molar-refractivity contribution in [2.45, 2.75) is 32.2 Å². The predicted octanol–water partition coefficient (Wildman–Crippen LogP) is 1.15. The SMILES string of the molecule is O=C(O)c1cncc2c1CCN(C(=O)CCN1CCCC1)C2. The van der Waals surface area contributed by atoms with E-state index in [0.717, 1.165) is 30.8 Å². The molecule has 0 aromatic carbocycles. The van der Waals surface area contributed by atoms with E-state index < -0.39 is 5.97 Å². The third-order valence-electron chi connectivity index (χ3n) is 4.56. The van der Waals surface area contributed by atoms with E-state index in [-0.39, 0.29) is 11.5 Å². The van der Waals surface area contributed by atoms with Crippen molar-refractivity contribution in [2.75, 3.05) is 26.2 Å². The maximum atomic E-state index is 12.3. The molecule has 0 spiro atoms. The number of likely N-dealkylation sites (tertiary alicyclic amines) is 1. The van der Waals surface area contributed by atoms with Crippen molar-refractivity contribution in [3.05, 3.63) is 29.1 Å². The monoisotopic (exact) mass is 303 g/mol. The molecule has 1 saturated heterocycles. The van der Waals surface area contributed by atoms with Gasteiger partial charge in [0.25, 0.3) is 0 Å². The minimum atomic E-state index is -0.946. The normalized spacial score (nSPS) is 18.3. The van der Waals surface area contributed by atoms with Crippen molar-refractivity contribution in [3.8, 4) is 0 Å². The highest BCUT2D eigenvalue weighted by Gasteiger charge is 2.25. The molecule has 0 bridgehead atoms. The number of aromatic carboxylic acids is 1. The van der Waals surface area contributed by atoms with Crippen LogP contribution in [0.25, 0.3) is 0 Å². The average molecular weight is 303 g/mol. The smallest absolute Gasteiger partial charge is 0.337 e. The van der Waals surface area contributed by atoms with Crippen LogP contribution in [0, 0.1) is 0 Å². The molecule has 2 aliphatic rings. The summed E-state index contributed by atoms with van der Waals surface area (Å²) in [7, 11) is 0. The second-order valence-corrected chi connectivity index (χ2v) is 5.99. The maximum absolute atomic E-state index is 12.3. The molecule has 0 saturated carbocycles. The van der Waals surface area contributed by atoms with Gasteiger partial charge in [-0.1, -0.05) is 0 Å². The molecule has 6 nitrogen and oxygen atoms in total. The third kappa shape index (κ3) is 3.11. The molecule has 22 heavy (non-hydrogen) atoms. The van der Waals surface area contributed by atoms with Gasteiger partial charge in [0, 0.05) is 38.4 Å². The molecule has 1 aromatic heterocycles. The zero-order valence-corrected chi connectivity index (χ0v) is 12.6. The van der Waals surface area contributed by atoms with E-state index in [1.54, 1.807) is 6.20 Å². The summed E-state index contributed by atoms with van der Waals surface area (Å²) >= 11 is 0. The van der Waals surface area contributed by atoms with Crippen LogP contribution < -0.4 is 0 Å². The summed E-state index contributed by atoms with van der Waals surface area (Å²) in [6.45, 7) is 4.10. The number of pyridine rings is 1. The highest BCUT2D eigenvalue weighted by molar-refractivity contribution is 5.89. The molecule has 0 radical (unpaired) electrons. The highest BCUT2D eigenvalue weighted by Crippen LogP contribution is 2.22. The lowest BCUT2D eigenvalue weighted by atomic mass is 9.97. The number of nitrogens with zero attached hydrogens (tertiary/aromatic N) is 3. The number of aromatic nitrogens is 1. The summed E-state index contributed by atoms with van der Waals surface area (Å²) in [4.78, 5) is 31.7. The molecule has 1 amide bonds. The summed E-state index contributed by atoms with van der Waals surface area (Å²) in [5, 5.41) is 9.20. The van der Waals surface area contributed by atoms with Gasteiger partial charge < -0.3 is 14.9 Å². The number of carbonyl (C=O) groups excluding carboxylic acids is 1. The van der Waals surface area contributed by atoms with Gasteiger partial charge in [-0.3, -0.25) is 9.78 Å². The topological polar surface area (TPSA) is 73.7 Å². The Morgan fingerprint density at radius 1 is 1.18 bits per heavy atom. The van der Waals surface area contributed by atoms with Crippen LogP contribution in [0.15, 0.2) is 12.4 Å². The summed E-state index contributed by atoms with van der Waals surface area (Å²) in [5.41, 5.74) is 1.95. The molecule has 0 atom stereocenters. The van der Waals surface area contributed by atoms with E-state index in [4.69, 9.17) is 0 Å². The molecular weight excluding hydrogens is 282 g/mol. The van der Waals surface area contributed by atoms with Crippen LogP contribution in [0.3, 0.4) is 0 Å². The molecule has 1 N–H and O–H groups in total. The van der Waals surface area contributed by atoms with Crippen LogP contribution in [0.1, 0.15) is 40.7 Å². The Bertz CT molecular complexity index is 582. The number of carbonyl (C=O) groups is 2. The highest BCUT2D eigenvalue weighted by atomic mass is 16.4. The Balaban J connectivity index is 1.62. The Kier molecular flexibility index (Phi) is 4.38. The molecule has 3 heterocycles. The standard InChI is InChI=1S/C16H21N3O3/c20-15(4-7-18-5-1-2-6-18)19-8-3-13-12(11-19)9-17-10-14(13)16(21)22/h9-10H,1-8,11H2,(H,21,22). The number of carboxylic acids is 1. The number of rotatable bonds is 4. The van der Waals surface area contributed by atoms with E-state index in [2.05, 4.69) is 9.88 Å². The van der Waals surface area contributed by atoms with Gasteiger partial charge in [0.2, 0.25) is 5.91 Å². The van der Waals surface area contributed by atoms with E-state index in [0.29, 0.717) is 25.9 Å². The lowest BCUT2D eigenvalue weighted by Gasteiger charge is -2.30. The van der Waals surface area contributed by atoms with Gasteiger partial charge in [0.1, 0.15) is 0 Å². The molecule has 3 rings (SSSR count). The van der Waals surface area contributed by atoms with Gasteiger partial charge in [-0.05, 0) is 43.5 Å². The Morgan fingerprint density at radius 3 is 2.68 bits per heavy atom. The molecule has 0 unspecified atom stereocenters. The van der Waals surface area contributed by atoms with Crippen LogP contribution in [0.2, 0.25) is 0 Å². The van der Waals surface area contributed by atoms with Gasteiger partial charge in [-0.25, -0.2) is 4.79 Å². The van der Waals surface area contributed by atoms with Crippen LogP contribution in [0.4, 0.5) is 0 Å². The molecule has 6 heteroatoms. The number of hydrogen-bond acceptors (Lipinski definition) is 4. The summed E-state index contributed by atoms with van der Waals surface area (Å²) in [5.74, 6) is -0.795. The number of fused-ring (bicyclic) bond motifs is 1. The van der Waals surface area contributed by atoms with Gasteiger partial charge in [0.05, 0.1) is 5.56 Å². The van der Waals surface area contributed by atoms with E-state index in [1.807, 2.05) is 4.90 Å². The maximum Gasteiger partial charge on any atom is 0.337 e. The van der Waals surface area contributed by atoms with Crippen molar-refractivity contribution in [1.29, 1.82) is 0 Å². The minimum absolute atomic E-state index is 0.151. The van der Waals surface area contributed by atoms with Crippen molar-refractivity contribution < 1.29 is 14.7 Å². The van der Waals surface area contributed by atoms with Gasteiger partial charge in [-0.15, -0.1) is 0 Å². The molecule has 2 aliphatic heterocycles. The zero-order chi connectivity index (χ0) is 15.5.